The predicted octanol–water partition coefficient (Wildman–Crippen LogP) is 1.79. The zero-order valence-electron chi connectivity index (χ0n) is 10.6. The van der Waals surface area contributed by atoms with E-state index >= 15 is 0 Å². The van der Waals surface area contributed by atoms with Crippen molar-refractivity contribution in [2.75, 3.05) is 6.54 Å². The fourth-order valence-corrected chi connectivity index (χ4v) is 1.20. The van der Waals surface area contributed by atoms with E-state index in [4.69, 9.17) is 0 Å². The van der Waals surface area contributed by atoms with Gasteiger partial charge in [-0.15, -0.1) is 0 Å². The Kier molecular flexibility index (Phi) is 4.71. The second-order valence-electron chi connectivity index (χ2n) is 4.86. The summed E-state index contributed by atoms with van der Waals surface area (Å²) in [6.45, 7) is 6.53. The number of nitrogens with zero attached hydrogens (tertiary/aromatic N) is 1. The molecule has 0 radical (unpaired) electrons. The van der Waals surface area contributed by atoms with Gasteiger partial charge in [0.2, 0.25) is 5.91 Å². The van der Waals surface area contributed by atoms with Crippen LogP contribution in [0.5, 0.6) is 0 Å². The Morgan fingerprint density at radius 1 is 1.35 bits per heavy atom. The van der Waals surface area contributed by atoms with Crippen LogP contribution in [0.1, 0.15) is 26.3 Å². The van der Waals surface area contributed by atoms with E-state index in [0.717, 1.165) is 5.56 Å². The number of hydrogen-bond acceptors (Lipinski definition) is 2. The van der Waals surface area contributed by atoms with E-state index in [1.54, 1.807) is 12.4 Å². The Morgan fingerprint density at radius 3 is 2.59 bits per heavy atom. The van der Waals surface area contributed by atoms with E-state index < -0.39 is 0 Å². The molecule has 0 aliphatic rings. The van der Waals surface area contributed by atoms with Gasteiger partial charge in [-0.05, 0) is 38.5 Å². The van der Waals surface area contributed by atoms with Crippen molar-refractivity contribution in [3.05, 3.63) is 30.1 Å². The third-order valence-corrected chi connectivity index (χ3v) is 1.95. The molecule has 0 aliphatic heterocycles. The van der Waals surface area contributed by atoms with Gasteiger partial charge in [-0.25, -0.2) is 0 Å². The largest absolute Gasteiger partial charge is 0.345 e. The standard InChI is InChI=1S/C14H18N2O/c1-14(2,3)7-4-8-16-13(17)11-12-5-9-15-10-6-12/h5-6,9-10H,8,11H2,1-3H3,(H,16,17). The number of nitrogens with one attached hydrogen (secondary N) is 1. The molecular weight excluding hydrogens is 212 g/mol. The SMILES string of the molecule is CC(C)(C)C#CCNC(=O)Cc1ccncc1. The molecule has 1 aromatic heterocycles. The maximum Gasteiger partial charge on any atom is 0.225 e. The Hall–Kier alpha value is -1.82. The molecule has 1 rings (SSSR count). The molecule has 90 valence electrons. The third kappa shape index (κ3) is 6.36. The number of pyridine rings is 1. The lowest BCUT2D eigenvalue weighted by Gasteiger charge is -2.07. The molecule has 1 N–H and O–H groups in total. The van der Waals surface area contributed by atoms with Crippen molar-refractivity contribution >= 4 is 5.91 Å². The Labute approximate surface area is 103 Å². The average Bonchev–Trinajstić information content (AvgIpc) is 2.25. The highest BCUT2D eigenvalue weighted by Gasteiger charge is 2.03. The van der Waals surface area contributed by atoms with Gasteiger partial charge in [0.1, 0.15) is 0 Å². The molecule has 1 heterocycles. The summed E-state index contributed by atoms with van der Waals surface area (Å²) in [5, 5.41) is 2.77. The van der Waals surface area contributed by atoms with E-state index in [9.17, 15) is 4.79 Å². The number of carbonyl (C=O) groups excluding carboxylic acids is 1. The van der Waals surface area contributed by atoms with Gasteiger partial charge in [-0.1, -0.05) is 11.8 Å². The highest BCUT2D eigenvalue weighted by atomic mass is 16.1. The van der Waals surface area contributed by atoms with Crippen LogP contribution in [0, 0.1) is 17.3 Å². The molecular formula is C14H18N2O. The van der Waals surface area contributed by atoms with E-state index in [2.05, 4.69) is 22.1 Å². The minimum Gasteiger partial charge on any atom is -0.345 e. The third-order valence-electron chi connectivity index (χ3n) is 1.95. The van der Waals surface area contributed by atoms with Crippen molar-refractivity contribution in [1.29, 1.82) is 0 Å². The quantitative estimate of drug-likeness (QED) is 0.804. The van der Waals surface area contributed by atoms with E-state index in [1.807, 2.05) is 32.9 Å². The van der Waals surface area contributed by atoms with Gasteiger partial charge in [0.25, 0.3) is 0 Å². The van der Waals surface area contributed by atoms with E-state index in [-0.39, 0.29) is 11.3 Å². The lowest BCUT2D eigenvalue weighted by atomic mass is 9.98. The summed E-state index contributed by atoms with van der Waals surface area (Å²) in [5.41, 5.74) is 0.941. The van der Waals surface area contributed by atoms with Crippen LogP contribution in [0.3, 0.4) is 0 Å². The van der Waals surface area contributed by atoms with Gasteiger partial charge in [0.15, 0.2) is 0 Å². The number of rotatable bonds is 3. The van der Waals surface area contributed by atoms with Gasteiger partial charge in [0.05, 0.1) is 13.0 Å². The molecule has 17 heavy (non-hydrogen) atoms. The van der Waals surface area contributed by atoms with Crippen molar-refractivity contribution in [2.45, 2.75) is 27.2 Å². The molecule has 0 aliphatic carbocycles. The number of carbonyl (C=O) groups is 1. The average molecular weight is 230 g/mol. The summed E-state index contributed by atoms with van der Waals surface area (Å²) >= 11 is 0. The molecule has 0 aromatic carbocycles. The minimum absolute atomic E-state index is 0.0144. The fourth-order valence-electron chi connectivity index (χ4n) is 1.20. The highest BCUT2D eigenvalue weighted by molar-refractivity contribution is 5.78. The topological polar surface area (TPSA) is 42.0 Å². The molecule has 1 aromatic rings. The molecule has 0 atom stereocenters. The second kappa shape index (κ2) is 6.05. The number of aromatic nitrogens is 1. The smallest absolute Gasteiger partial charge is 0.225 e. The van der Waals surface area contributed by atoms with Crippen molar-refractivity contribution in [3.8, 4) is 11.8 Å². The molecule has 3 heteroatoms. The highest BCUT2D eigenvalue weighted by Crippen LogP contribution is 2.09. The first-order chi connectivity index (χ1) is 7.97. The lowest BCUT2D eigenvalue weighted by Crippen LogP contribution is -2.25. The molecule has 0 spiro atoms. The molecule has 1 amide bonds. The van der Waals surface area contributed by atoms with Crippen LogP contribution in [0.15, 0.2) is 24.5 Å². The zero-order valence-corrected chi connectivity index (χ0v) is 10.6. The summed E-state index contributed by atoms with van der Waals surface area (Å²) in [4.78, 5) is 15.4. The van der Waals surface area contributed by atoms with Crippen molar-refractivity contribution in [2.24, 2.45) is 5.41 Å². The Morgan fingerprint density at radius 2 is 2.00 bits per heavy atom. The van der Waals surface area contributed by atoms with Crippen molar-refractivity contribution in [3.63, 3.8) is 0 Å². The summed E-state index contributed by atoms with van der Waals surface area (Å²) in [5.74, 6) is 6.00. The summed E-state index contributed by atoms with van der Waals surface area (Å²) < 4.78 is 0. The maximum absolute atomic E-state index is 11.5. The molecule has 0 saturated heterocycles. The van der Waals surface area contributed by atoms with Crippen LogP contribution in [0.4, 0.5) is 0 Å². The normalized spacial score (nSPS) is 10.3. The maximum atomic E-state index is 11.5. The first-order valence-corrected chi connectivity index (χ1v) is 5.63. The summed E-state index contributed by atoms with van der Waals surface area (Å²) in [7, 11) is 0. The zero-order chi connectivity index (χ0) is 12.7. The molecule has 0 fully saturated rings. The van der Waals surface area contributed by atoms with E-state index in [1.165, 1.54) is 0 Å². The van der Waals surface area contributed by atoms with Crippen LogP contribution in [-0.4, -0.2) is 17.4 Å². The number of amides is 1. The van der Waals surface area contributed by atoms with Gasteiger partial charge in [0, 0.05) is 17.8 Å². The Balaban J connectivity index is 2.34. The molecule has 0 saturated carbocycles. The van der Waals surface area contributed by atoms with Crippen molar-refractivity contribution < 1.29 is 4.79 Å². The first kappa shape index (κ1) is 13.2. The second-order valence-corrected chi connectivity index (χ2v) is 4.86. The predicted molar refractivity (Wildman–Crippen MR) is 68.2 cm³/mol. The van der Waals surface area contributed by atoms with Crippen LogP contribution in [0.2, 0.25) is 0 Å². The van der Waals surface area contributed by atoms with Crippen LogP contribution < -0.4 is 5.32 Å². The molecule has 3 nitrogen and oxygen atoms in total. The van der Waals surface area contributed by atoms with Gasteiger partial charge >= 0.3 is 0 Å². The lowest BCUT2D eigenvalue weighted by molar-refractivity contribution is -0.120. The molecule has 0 bridgehead atoms. The minimum atomic E-state index is -0.0180. The van der Waals surface area contributed by atoms with Crippen molar-refractivity contribution in [1.82, 2.24) is 10.3 Å². The molecule has 0 unspecified atom stereocenters. The first-order valence-electron chi connectivity index (χ1n) is 5.63. The van der Waals surface area contributed by atoms with Crippen LogP contribution >= 0.6 is 0 Å². The Bertz CT molecular complexity index is 421. The van der Waals surface area contributed by atoms with Gasteiger partial charge < -0.3 is 5.32 Å². The monoisotopic (exact) mass is 230 g/mol. The summed E-state index contributed by atoms with van der Waals surface area (Å²) in [6.07, 6.45) is 3.74. The van der Waals surface area contributed by atoms with Gasteiger partial charge in [-0.2, -0.15) is 0 Å². The number of hydrogen-bond donors (Lipinski definition) is 1. The van der Waals surface area contributed by atoms with Gasteiger partial charge in [-0.3, -0.25) is 9.78 Å². The van der Waals surface area contributed by atoms with Crippen LogP contribution in [-0.2, 0) is 11.2 Å². The summed E-state index contributed by atoms with van der Waals surface area (Å²) in [6, 6.07) is 3.67. The van der Waals surface area contributed by atoms with Crippen LogP contribution in [0.25, 0.3) is 0 Å². The fraction of sp³-hybridized carbons (Fsp3) is 0.429. The van der Waals surface area contributed by atoms with E-state index in [0.29, 0.717) is 13.0 Å².